The Morgan fingerprint density at radius 2 is 1.82 bits per heavy atom. The van der Waals surface area contributed by atoms with Crippen LogP contribution in [0.4, 0.5) is 5.69 Å². The number of amides is 2. The second-order valence-corrected chi connectivity index (χ2v) is 5.86. The molecule has 2 fully saturated rings. The first-order valence-corrected chi connectivity index (χ1v) is 7.65. The molecule has 1 heterocycles. The summed E-state index contributed by atoms with van der Waals surface area (Å²) in [6.07, 6.45) is 4.09. The minimum atomic E-state index is -0.0521. The van der Waals surface area contributed by atoms with Gasteiger partial charge in [-0.05, 0) is 56.5 Å². The molecule has 6 heteroatoms. The van der Waals surface area contributed by atoms with Crippen molar-refractivity contribution < 1.29 is 9.59 Å². The maximum atomic E-state index is 12.1. The van der Waals surface area contributed by atoms with Gasteiger partial charge in [0.25, 0.3) is 5.91 Å². The molecule has 0 radical (unpaired) electrons. The molecule has 0 aromatic heterocycles. The topological polar surface area (TPSA) is 70.2 Å². The zero-order valence-electron chi connectivity index (χ0n) is 12.4. The van der Waals surface area contributed by atoms with Crippen LogP contribution in [0, 0.1) is 5.92 Å². The van der Waals surface area contributed by atoms with E-state index in [0.29, 0.717) is 5.56 Å². The average molecular weight is 324 g/mol. The molecule has 0 spiro atoms. The fourth-order valence-corrected chi connectivity index (χ4v) is 2.54. The van der Waals surface area contributed by atoms with Crippen molar-refractivity contribution >= 4 is 29.9 Å². The largest absolute Gasteiger partial charge is 0.348 e. The predicted octanol–water partition coefficient (Wildman–Crippen LogP) is 1.94. The van der Waals surface area contributed by atoms with E-state index in [4.69, 9.17) is 0 Å². The van der Waals surface area contributed by atoms with Gasteiger partial charge in [-0.15, -0.1) is 12.4 Å². The molecule has 22 heavy (non-hydrogen) atoms. The molecule has 1 aliphatic carbocycles. The SMILES string of the molecule is Cl.O=C(N[C@H]1CCCNC1)c1ccc(NC(=O)C2CC2)cc1. The number of anilines is 1. The van der Waals surface area contributed by atoms with Crippen LogP contribution in [0.2, 0.25) is 0 Å². The Labute approximate surface area is 136 Å². The molecule has 0 bridgehead atoms. The monoisotopic (exact) mass is 323 g/mol. The summed E-state index contributed by atoms with van der Waals surface area (Å²) in [5, 5.41) is 9.18. The second kappa shape index (κ2) is 7.61. The Morgan fingerprint density at radius 1 is 1.09 bits per heavy atom. The Morgan fingerprint density at radius 3 is 2.41 bits per heavy atom. The van der Waals surface area contributed by atoms with Gasteiger partial charge in [0.1, 0.15) is 0 Å². The second-order valence-electron chi connectivity index (χ2n) is 5.86. The van der Waals surface area contributed by atoms with Gasteiger partial charge in [-0.1, -0.05) is 0 Å². The maximum absolute atomic E-state index is 12.1. The van der Waals surface area contributed by atoms with E-state index >= 15 is 0 Å². The quantitative estimate of drug-likeness (QED) is 0.793. The summed E-state index contributed by atoms with van der Waals surface area (Å²) in [5.74, 6) is 0.219. The third-order valence-electron chi connectivity index (χ3n) is 3.99. The van der Waals surface area contributed by atoms with Crippen molar-refractivity contribution in [3.8, 4) is 0 Å². The van der Waals surface area contributed by atoms with Gasteiger partial charge < -0.3 is 16.0 Å². The molecule has 2 amide bonds. The highest BCUT2D eigenvalue weighted by atomic mass is 35.5. The van der Waals surface area contributed by atoms with Gasteiger partial charge in [0.2, 0.25) is 5.91 Å². The van der Waals surface area contributed by atoms with Crippen LogP contribution in [-0.4, -0.2) is 30.9 Å². The molecule has 1 aliphatic heterocycles. The number of piperidine rings is 1. The lowest BCUT2D eigenvalue weighted by atomic mass is 10.1. The van der Waals surface area contributed by atoms with Gasteiger partial charge in [0.15, 0.2) is 0 Å². The summed E-state index contributed by atoms with van der Waals surface area (Å²) in [4.78, 5) is 23.8. The number of nitrogens with one attached hydrogen (secondary N) is 3. The lowest BCUT2D eigenvalue weighted by Crippen LogP contribution is -2.45. The van der Waals surface area contributed by atoms with Crippen molar-refractivity contribution in [3.05, 3.63) is 29.8 Å². The van der Waals surface area contributed by atoms with E-state index in [9.17, 15) is 9.59 Å². The number of halogens is 1. The van der Waals surface area contributed by atoms with Crippen LogP contribution in [0.3, 0.4) is 0 Å². The van der Waals surface area contributed by atoms with Gasteiger partial charge in [-0.2, -0.15) is 0 Å². The van der Waals surface area contributed by atoms with E-state index in [1.165, 1.54) is 0 Å². The van der Waals surface area contributed by atoms with Crippen molar-refractivity contribution in [3.63, 3.8) is 0 Å². The summed E-state index contributed by atoms with van der Waals surface area (Å²) in [6.45, 7) is 1.86. The van der Waals surface area contributed by atoms with Crippen molar-refractivity contribution in [2.75, 3.05) is 18.4 Å². The molecule has 1 saturated heterocycles. The zero-order valence-corrected chi connectivity index (χ0v) is 13.2. The minimum absolute atomic E-state index is 0. The molecule has 120 valence electrons. The standard InChI is InChI=1S/C16H21N3O2.ClH/c20-15(11-3-4-11)18-13-7-5-12(6-8-13)16(21)19-14-2-1-9-17-10-14;/h5-8,11,14,17H,1-4,9-10H2,(H,18,20)(H,19,21);1H/t14-;/m0./s1. The third kappa shape index (κ3) is 4.45. The predicted molar refractivity (Wildman–Crippen MR) is 88.4 cm³/mol. The molecule has 1 aromatic carbocycles. The van der Waals surface area contributed by atoms with Gasteiger partial charge in [0.05, 0.1) is 0 Å². The van der Waals surface area contributed by atoms with E-state index in [1.807, 2.05) is 0 Å². The number of benzene rings is 1. The Kier molecular flexibility index (Phi) is 5.80. The molecule has 3 N–H and O–H groups in total. The first-order valence-electron chi connectivity index (χ1n) is 7.65. The van der Waals surface area contributed by atoms with Crippen LogP contribution < -0.4 is 16.0 Å². The van der Waals surface area contributed by atoms with Crippen LogP contribution in [0.15, 0.2) is 24.3 Å². The van der Waals surface area contributed by atoms with Crippen LogP contribution in [0.1, 0.15) is 36.0 Å². The Hall–Kier alpha value is -1.59. The molecule has 3 rings (SSSR count). The molecule has 1 aromatic rings. The van der Waals surface area contributed by atoms with Crippen molar-refractivity contribution in [2.45, 2.75) is 31.7 Å². The highest BCUT2D eigenvalue weighted by Gasteiger charge is 2.29. The Balaban J connectivity index is 0.00000176. The molecular formula is C16H22ClN3O2. The van der Waals surface area contributed by atoms with Crippen LogP contribution in [0.25, 0.3) is 0 Å². The highest BCUT2D eigenvalue weighted by molar-refractivity contribution is 5.96. The average Bonchev–Trinajstić information content (AvgIpc) is 3.33. The van der Waals surface area contributed by atoms with E-state index in [2.05, 4.69) is 16.0 Å². The van der Waals surface area contributed by atoms with Crippen molar-refractivity contribution in [2.24, 2.45) is 5.92 Å². The number of hydrogen-bond donors (Lipinski definition) is 3. The van der Waals surface area contributed by atoms with Crippen LogP contribution in [0.5, 0.6) is 0 Å². The Bertz CT molecular complexity index is 523. The number of carbonyl (C=O) groups is 2. The summed E-state index contributed by atoms with van der Waals surface area (Å²) < 4.78 is 0. The fraction of sp³-hybridized carbons (Fsp3) is 0.500. The van der Waals surface area contributed by atoms with Gasteiger partial charge in [-0.3, -0.25) is 9.59 Å². The number of carbonyl (C=O) groups excluding carboxylic acids is 2. The van der Waals surface area contributed by atoms with Crippen LogP contribution in [-0.2, 0) is 4.79 Å². The highest BCUT2D eigenvalue weighted by Crippen LogP contribution is 2.30. The zero-order chi connectivity index (χ0) is 14.7. The van der Waals surface area contributed by atoms with E-state index in [-0.39, 0.29) is 36.2 Å². The summed E-state index contributed by atoms with van der Waals surface area (Å²) in [5.41, 5.74) is 1.38. The molecule has 1 saturated carbocycles. The summed E-state index contributed by atoms with van der Waals surface area (Å²) >= 11 is 0. The molecule has 2 aliphatic rings. The van der Waals surface area contributed by atoms with Gasteiger partial charge >= 0.3 is 0 Å². The maximum Gasteiger partial charge on any atom is 0.251 e. The van der Waals surface area contributed by atoms with Crippen molar-refractivity contribution in [1.82, 2.24) is 10.6 Å². The van der Waals surface area contributed by atoms with E-state index in [0.717, 1.165) is 44.5 Å². The summed E-state index contributed by atoms with van der Waals surface area (Å²) in [7, 11) is 0. The van der Waals surface area contributed by atoms with Crippen LogP contribution >= 0.6 is 12.4 Å². The van der Waals surface area contributed by atoms with E-state index < -0.39 is 0 Å². The molecule has 5 nitrogen and oxygen atoms in total. The first kappa shape index (κ1) is 16.8. The van der Waals surface area contributed by atoms with Crippen molar-refractivity contribution in [1.29, 1.82) is 0 Å². The lowest BCUT2D eigenvalue weighted by molar-refractivity contribution is -0.117. The minimum Gasteiger partial charge on any atom is -0.348 e. The van der Waals surface area contributed by atoms with E-state index in [1.54, 1.807) is 24.3 Å². The smallest absolute Gasteiger partial charge is 0.251 e. The summed E-state index contributed by atoms with van der Waals surface area (Å²) in [6, 6.07) is 7.30. The number of hydrogen-bond acceptors (Lipinski definition) is 3. The third-order valence-corrected chi connectivity index (χ3v) is 3.99. The van der Waals surface area contributed by atoms with Gasteiger partial charge in [-0.25, -0.2) is 0 Å². The first-order chi connectivity index (χ1) is 10.2. The fourth-order valence-electron chi connectivity index (χ4n) is 2.54. The lowest BCUT2D eigenvalue weighted by Gasteiger charge is -2.23. The van der Waals surface area contributed by atoms with Gasteiger partial charge in [0, 0.05) is 29.8 Å². The molecule has 0 unspecified atom stereocenters. The normalized spacial score (nSPS) is 20.6. The number of rotatable bonds is 4. The molecular weight excluding hydrogens is 302 g/mol. The molecule has 1 atom stereocenters.